The van der Waals surface area contributed by atoms with Crippen LogP contribution in [0, 0.1) is 0 Å². The van der Waals surface area contributed by atoms with E-state index in [1.807, 2.05) is 24.3 Å². The first-order valence-electron chi connectivity index (χ1n) is 7.54. The van der Waals surface area contributed by atoms with Gasteiger partial charge in [0.25, 0.3) is 5.91 Å². The van der Waals surface area contributed by atoms with E-state index in [2.05, 4.69) is 16.6 Å². The molecule has 0 radical (unpaired) electrons. The Bertz CT molecular complexity index is 969. The Hall–Kier alpha value is -2.64. The largest absolute Gasteiger partial charge is 0.465 e. The number of thiazole rings is 1. The first kappa shape index (κ1) is 15.9. The molecule has 0 N–H and O–H groups in total. The van der Waals surface area contributed by atoms with Gasteiger partial charge >= 0.3 is 0 Å². The van der Waals surface area contributed by atoms with E-state index in [9.17, 15) is 4.79 Å². The van der Waals surface area contributed by atoms with Crippen LogP contribution in [0.25, 0.3) is 16.3 Å². The molecule has 7 heteroatoms. The number of furan rings is 1. The smallest absolute Gasteiger partial charge is 0.267 e. The number of amidine groups is 1. The average Bonchev–Trinajstić information content (AvgIpc) is 3.31. The van der Waals surface area contributed by atoms with Gasteiger partial charge in [0, 0.05) is 12.6 Å². The number of thioether (sulfide) groups is 1. The summed E-state index contributed by atoms with van der Waals surface area (Å²) in [5, 5.41) is 1.23. The van der Waals surface area contributed by atoms with Crippen molar-refractivity contribution in [2.24, 2.45) is 4.99 Å². The fourth-order valence-electron chi connectivity index (χ4n) is 2.37. The van der Waals surface area contributed by atoms with Gasteiger partial charge in [0.2, 0.25) is 5.13 Å². The third-order valence-corrected chi connectivity index (χ3v) is 5.43. The Kier molecular flexibility index (Phi) is 4.25. The van der Waals surface area contributed by atoms with Gasteiger partial charge in [0.15, 0.2) is 5.17 Å². The van der Waals surface area contributed by atoms with E-state index in [0.717, 1.165) is 10.2 Å². The molecule has 0 aliphatic carbocycles. The molecule has 1 fully saturated rings. The molecule has 0 atom stereocenters. The summed E-state index contributed by atoms with van der Waals surface area (Å²) in [7, 11) is 0. The van der Waals surface area contributed by atoms with Crippen LogP contribution in [0.4, 0.5) is 5.13 Å². The van der Waals surface area contributed by atoms with E-state index in [4.69, 9.17) is 4.42 Å². The second kappa shape index (κ2) is 6.70. The van der Waals surface area contributed by atoms with Crippen LogP contribution in [0.2, 0.25) is 0 Å². The van der Waals surface area contributed by atoms with Gasteiger partial charge in [0.05, 0.1) is 21.4 Å². The van der Waals surface area contributed by atoms with Gasteiger partial charge in [-0.2, -0.15) is 4.99 Å². The number of carbonyl (C=O) groups is 1. The van der Waals surface area contributed by atoms with E-state index < -0.39 is 0 Å². The summed E-state index contributed by atoms with van der Waals surface area (Å²) in [6.07, 6.45) is 4.99. The third-order valence-electron chi connectivity index (χ3n) is 3.49. The predicted molar refractivity (Wildman–Crippen MR) is 103 cm³/mol. The van der Waals surface area contributed by atoms with Crippen LogP contribution in [-0.4, -0.2) is 27.5 Å². The molecule has 0 bridgehead atoms. The van der Waals surface area contributed by atoms with Gasteiger partial charge < -0.3 is 4.42 Å². The SMILES string of the molecule is C=CCN1C(=O)/C(=C\c2ccco2)S/C1=N/c1nc2ccccc2s1. The number of hydrogen-bond acceptors (Lipinski definition) is 6. The Labute approximate surface area is 152 Å². The maximum atomic E-state index is 12.6. The third kappa shape index (κ3) is 3.16. The monoisotopic (exact) mass is 367 g/mol. The van der Waals surface area contributed by atoms with Crippen LogP contribution < -0.4 is 0 Å². The summed E-state index contributed by atoms with van der Waals surface area (Å²) < 4.78 is 6.37. The Morgan fingerprint density at radius 1 is 1.28 bits per heavy atom. The standard InChI is InChI=1S/C18H13N3O2S2/c1-2-9-21-16(22)15(11-12-6-5-10-23-12)25-18(21)20-17-19-13-7-3-4-8-14(13)24-17/h2-8,10-11H,1,9H2/b15-11+,20-18+. The van der Waals surface area contributed by atoms with Crippen molar-refractivity contribution < 1.29 is 9.21 Å². The fraction of sp³-hybridized carbons (Fsp3) is 0.0556. The number of amides is 1. The van der Waals surface area contributed by atoms with Crippen molar-refractivity contribution in [3.05, 3.63) is 66.0 Å². The second-order valence-electron chi connectivity index (χ2n) is 5.19. The zero-order valence-electron chi connectivity index (χ0n) is 13.1. The highest BCUT2D eigenvalue weighted by molar-refractivity contribution is 8.18. The molecule has 0 unspecified atom stereocenters. The minimum absolute atomic E-state index is 0.110. The van der Waals surface area contributed by atoms with E-state index in [1.165, 1.54) is 23.1 Å². The quantitative estimate of drug-likeness (QED) is 0.496. The number of fused-ring (bicyclic) bond motifs is 1. The molecule has 124 valence electrons. The fourth-order valence-corrected chi connectivity index (χ4v) is 4.24. The lowest BCUT2D eigenvalue weighted by atomic mass is 10.3. The highest BCUT2D eigenvalue weighted by atomic mass is 32.2. The summed E-state index contributed by atoms with van der Waals surface area (Å²) in [5.41, 5.74) is 0.905. The zero-order valence-corrected chi connectivity index (χ0v) is 14.7. The van der Waals surface area contributed by atoms with Gasteiger partial charge in [0.1, 0.15) is 5.76 Å². The van der Waals surface area contributed by atoms with Gasteiger partial charge in [-0.25, -0.2) is 4.98 Å². The molecule has 3 aromatic rings. The van der Waals surface area contributed by atoms with Crippen LogP contribution in [0.15, 0.2) is 69.6 Å². The van der Waals surface area contributed by atoms with Crippen LogP contribution in [0.5, 0.6) is 0 Å². The van der Waals surface area contributed by atoms with Crippen molar-refractivity contribution in [1.82, 2.24) is 9.88 Å². The number of hydrogen-bond donors (Lipinski definition) is 0. The highest BCUT2D eigenvalue weighted by Crippen LogP contribution is 2.36. The molecule has 3 heterocycles. The maximum Gasteiger partial charge on any atom is 0.267 e. The molecule has 0 spiro atoms. The minimum Gasteiger partial charge on any atom is -0.465 e. The first-order chi connectivity index (χ1) is 12.2. The molecular formula is C18H13N3O2S2. The van der Waals surface area contributed by atoms with Gasteiger partial charge in [-0.1, -0.05) is 29.5 Å². The molecule has 1 aromatic carbocycles. The van der Waals surface area contributed by atoms with E-state index in [-0.39, 0.29) is 5.91 Å². The highest BCUT2D eigenvalue weighted by Gasteiger charge is 2.33. The molecule has 1 aliphatic rings. The summed E-state index contributed by atoms with van der Waals surface area (Å²) in [6.45, 7) is 4.12. The lowest BCUT2D eigenvalue weighted by Gasteiger charge is -2.11. The van der Waals surface area contributed by atoms with Crippen molar-refractivity contribution in [2.45, 2.75) is 0 Å². The summed E-state index contributed by atoms with van der Waals surface area (Å²) >= 11 is 2.81. The normalized spacial score (nSPS) is 17.9. The maximum absolute atomic E-state index is 12.6. The summed E-state index contributed by atoms with van der Waals surface area (Å²) in [6, 6.07) is 11.5. The Balaban J connectivity index is 1.71. The van der Waals surface area contributed by atoms with Gasteiger partial charge in [-0.15, -0.1) is 6.58 Å². The van der Waals surface area contributed by atoms with E-state index in [0.29, 0.717) is 27.5 Å². The van der Waals surface area contributed by atoms with Crippen molar-refractivity contribution in [1.29, 1.82) is 0 Å². The molecule has 1 amide bonds. The van der Waals surface area contributed by atoms with E-state index in [1.54, 1.807) is 35.4 Å². The van der Waals surface area contributed by atoms with Crippen molar-refractivity contribution in [3.63, 3.8) is 0 Å². The minimum atomic E-state index is -0.110. The average molecular weight is 367 g/mol. The molecule has 0 saturated carbocycles. The topological polar surface area (TPSA) is 58.7 Å². The Morgan fingerprint density at radius 2 is 2.16 bits per heavy atom. The van der Waals surface area contributed by atoms with Crippen LogP contribution in [-0.2, 0) is 4.79 Å². The zero-order chi connectivity index (χ0) is 17.2. The molecular weight excluding hydrogens is 354 g/mol. The number of carbonyl (C=O) groups excluding carboxylic acids is 1. The van der Waals surface area contributed by atoms with Crippen molar-refractivity contribution >= 4 is 55.6 Å². The lowest BCUT2D eigenvalue weighted by molar-refractivity contribution is -0.121. The predicted octanol–water partition coefficient (Wildman–Crippen LogP) is 4.68. The molecule has 1 aliphatic heterocycles. The molecule has 5 nitrogen and oxygen atoms in total. The molecule has 4 rings (SSSR count). The molecule has 2 aromatic heterocycles. The lowest BCUT2D eigenvalue weighted by Crippen LogP contribution is -2.29. The number of para-hydroxylation sites is 1. The number of aromatic nitrogens is 1. The van der Waals surface area contributed by atoms with Crippen LogP contribution >= 0.6 is 23.1 Å². The van der Waals surface area contributed by atoms with Crippen LogP contribution in [0.3, 0.4) is 0 Å². The van der Waals surface area contributed by atoms with Gasteiger partial charge in [-0.3, -0.25) is 9.69 Å². The number of nitrogens with zero attached hydrogens (tertiary/aromatic N) is 3. The second-order valence-corrected chi connectivity index (χ2v) is 7.21. The summed E-state index contributed by atoms with van der Waals surface area (Å²) in [5.74, 6) is 0.525. The molecule has 25 heavy (non-hydrogen) atoms. The van der Waals surface area contributed by atoms with E-state index >= 15 is 0 Å². The number of aliphatic imine (C=N–C) groups is 1. The number of benzene rings is 1. The summed E-state index contributed by atoms with van der Waals surface area (Å²) in [4.78, 5) is 23.9. The van der Waals surface area contributed by atoms with Crippen LogP contribution in [0.1, 0.15) is 5.76 Å². The van der Waals surface area contributed by atoms with Crippen molar-refractivity contribution in [2.75, 3.05) is 6.54 Å². The molecule has 1 saturated heterocycles. The van der Waals surface area contributed by atoms with Crippen molar-refractivity contribution in [3.8, 4) is 0 Å². The number of rotatable bonds is 4. The first-order valence-corrected chi connectivity index (χ1v) is 9.18. The Morgan fingerprint density at radius 3 is 2.92 bits per heavy atom. The van der Waals surface area contributed by atoms with Gasteiger partial charge in [-0.05, 0) is 36.0 Å².